The first-order valence-electron chi connectivity index (χ1n) is 14.7. The molecule has 0 spiro atoms. The maximum absolute atomic E-state index is 13.2. The van der Waals surface area contributed by atoms with Gasteiger partial charge in [0.05, 0.1) is 23.8 Å². The maximum Gasteiger partial charge on any atom is 0.228 e. The van der Waals surface area contributed by atoms with Crippen molar-refractivity contribution in [1.82, 2.24) is 19.2 Å². The summed E-state index contributed by atoms with van der Waals surface area (Å²) in [6.07, 6.45) is 13.7. The molecule has 0 saturated carbocycles. The van der Waals surface area contributed by atoms with Crippen LogP contribution in [0.4, 0.5) is 5.69 Å². The van der Waals surface area contributed by atoms with Crippen molar-refractivity contribution in [2.24, 2.45) is 17.6 Å². The minimum Gasteiger partial charge on any atom is -0.374 e. The number of primary amides is 1. The Labute approximate surface area is 225 Å². The molecule has 2 aromatic heterocycles. The van der Waals surface area contributed by atoms with Crippen LogP contribution >= 0.6 is 0 Å². The fraction of sp³-hybridized carbons (Fsp3) is 0.690. The Morgan fingerprint density at radius 1 is 1.08 bits per heavy atom. The number of nitrogens with zero attached hydrogens (tertiary/aromatic N) is 5. The van der Waals surface area contributed by atoms with Crippen molar-refractivity contribution in [3.63, 3.8) is 0 Å². The van der Waals surface area contributed by atoms with Crippen LogP contribution < -0.4 is 10.6 Å². The predicted molar refractivity (Wildman–Crippen MR) is 146 cm³/mol. The number of carbonyl (C=O) groups is 2. The lowest BCUT2D eigenvalue weighted by atomic mass is 9.84. The highest BCUT2D eigenvalue weighted by atomic mass is 16.5. The van der Waals surface area contributed by atoms with Gasteiger partial charge in [0.1, 0.15) is 0 Å². The van der Waals surface area contributed by atoms with Crippen molar-refractivity contribution < 1.29 is 14.3 Å². The molecule has 2 aromatic rings. The number of piperidine rings is 1. The van der Waals surface area contributed by atoms with Crippen molar-refractivity contribution in [3.05, 3.63) is 30.2 Å². The lowest BCUT2D eigenvalue weighted by molar-refractivity contribution is -0.139. The molecular weight excluding hydrogens is 480 g/mol. The lowest BCUT2D eigenvalue weighted by Crippen LogP contribution is -2.50. The number of nitrogens with two attached hydrogens (primary N) is 1. The van der Waals surface area contributed by atoms with E-state index in [1.807, 2.05) is 12.4 Å². The summed E-state index contributed by atoms with van der Waals surface area (Å²) in [6.45, 7) is 7.46. The molecule has 0 radical (unpaired) electrons. The van der Waals surface area contributed by atoms with Gasteiger partial charge in [-0.15, -0.1) is 0 Å². The number of ether oxygens (including phenoxy) is 1. The van der Waals surface area contributed by atoms with E-state index in [9.17, 15) is 9.59 Å². The Bertz CT molecular complexity index is 1160. The van der Waals surface area contributed by atoms with E-state index in [-0.39, 0.29) is 29.9 Å². The highest BCUT2D eigenvalue weighted by molar-refractivity contribution is 5.80. The monoisotopic (exact) mass is 522 g/mol. The fourth-order valence-corrected chi connectivity index (χ4v) is 7.57. The van der Waals surface area contributed by atoms with Gasteiger partial charge in [0.2, 0.25) is 11.8 Å². The Kier molecular flexibility index (Phi) is 7.31. The van der Waals surface area contributed by atoms with Crippen molar-refractivity contribution >= 4 is 23.1 Å². The number of carbonyl (C=O) groups excluding carboxylic acids is 2. The van der Waals surface area contributed by atoms with Gasteiger partial charge >= 0.3 is 0 Å². The van der Waals surface area contributed by atoms with Crippen LogP contribution in [0.3, 0.4) is 0 Å². The van der Waals surface area contributed by atoms with Crippen LogP contribution in [0.1, 0.15) is 57.4 Å². The summed E-state index contributed by atoms with van der Waals surface area (Å²) in [5.41, 5.74) is 9.36. The Morgan fingerprint density at radius 3 is 2.63 bits per heavy atom. The molecular formula is C29H42N6O3. The molecule has 4 aliphatic heterocycles. The number of hydrogen-bond donors (Lipinski definition) is 1. The number of aromatic nitrogens is 2. The molecule has 3 unspecified atom stereocenters. The summed E-state index contributed by atoms with van der Waals surface area (Å²) in [6, 6.07) is 2.34. The quantitative estimate of drug-likeness (QED) is 0.600. The summed E-state index contributed by atoms with van der Waals surface area (Å²) < 4.78 is 8.05. The second kappa shape index (κ2) is 10.8. The molecule has 2 amide bonds. The van der Waals surface area contributed by atoms with Gasteiger partial charge in [-0.05, 0) is 62.5 Å². The number of hydrogen-bond acceptors (Lipinski definition) is 6. The molecule has 4 atom stereocenters. The van der Waals surface area contributed by atoms with Crippen molar-refractivity contribution in [1.29, 1.82) is 0 Å². The average Bonchev–Trinajstić information content (AvgIpc) is 3.65. The number of anilines is 1. The SMILES string of the molecule is CCc1ccn2ccnc2c1N1CCCN(C(CC(N)=O)C2CCN(C(=O)[C@H]3CC4CCC3O4)CC2)CC1. The van der Waals surface area contributed by atoms with E-state index in [0.29, 0.717) is 18.4 Å². The summed E-state index contributed by atoms with van der Waals surface area (Å²) in [5.74, 6) is 0.476. The summed E-state index contributed by atoms with van der Waals surface area (Å²) in [5, 5.41) is 0. The van der Waals surface area contributed by atoms with E-state index in [4.69, 9.17) is 10.5 Å². The zero-order chi connectivity index (χ0) is 26.2. The van der Waals surface area contributed by atoms with Gasteiger partial charge in [-0.1, -0.05) is 6.92 Å². The molecule has 2 N–H and O–H groups in total. The number of aryl methyl sites for hydroxylation is 1. The molecule has 38 heavy (non-hydrogen) atoms. The van der Waals surface area contributed by atoms with E-state index in [0.717, 1.165) is 89.9 Å². The molecule has 0 aliphatic carbocycles. The maximum atomic E-state index is 13.2. The predicted octanol–water partition coefficient (Wildman–Crippen LogP) is 2.46. The molecule has 6 rings (SSSR count). The van der Waals surface area contributed by atoms with Crippen LogP contribution in [0.5, 0.6) is 0 Å². The van der Waals surface area contributed by atoms with Gasteiger partial charge in [-0.25, -0.2) is 4.98 Å². The van der Waals surface area contributed by atoms with Crippen LogP contribution in [0, 0.1) is 11.8 Å². The summed E-state index contributed by atoms with van der Waals surface area (Å²) >= 11 is 0. The first kappa shape index (κ1) is 25.6. The van der Waals surface area contributed by atoms with Gasteiger partial charge in [0, 0.05) is 70.3 Å². The minimum atomic E-state index is -0.232. The fourth-order valence-electron chi connectivity index (χ4n) is 7.57. The Morgan fingerprint density at radius 2 is 1.92 bits per heavy atom. The third-order valence-electron chi connectivity index (χ3n) is 9.55. The van der Waals surface area contributed by atoms with Crippen molar-refractivity contribution in [2.75, 3.05) is 44.2 Å². The van der Waals surface area contributed by atoms with Crippen LogP contribution in [0.25, 0.3) is 5.65 Å². The van der Waals surface area contributed by atoms with E-state index in [1.54, 1.807) is 0 Å². The molecule has 9 heteroatoms. The topological polar surface area (TPSA) is 96.4 Å². The molecule has 4 aliphatic rings. The standard InChI is InChI=1S/C29H42N6O3/c1-2-20-6-12-34-15-9-31-28(34)27(20)33-11-3-10-32(16-17-33)24(19-26(30)36)21-7-13-35(14-8-21)29(37)23-18-22-4-5-25(23)38-22/h6,9,12,15,21-25H,2-5,7-8,10-11,13-14,16-19H2,1H3,(H2,30,36)/t22?,23-,24?,25?/m0/s1. The van der Waals surface area contributed by atoms with E-state index in [2.05, 4.69) is 43.3 Å². The van der Waals surface area contributed by atoms with Gasteiger partial charge in [0.15, 0.2) is 5.65 Å². The van der Waals surface area contributed by atoms with Gasteiger partial charge in [-0.3, -0.25) is 14.5 Å². The average molecular weight is 523 g/mol. The Hall–Kier alpha value is -2.65. The molecule has 206 valence electrons. The zero-order valence-electron chi connectivity index (χ0n) is 22.6. The lowest BCUT2D eigenvalue weighted by Gasteiger charge is -2.41. The molecule has 2 bridgehead atoms. The molecule has 6 heterocycles. The smallest absolute Gasteiger partial charge is 0.228 e. The van der Waals surface area contributed by atoms with E-state index in [1.165, 1.54) is 11.3 Å². The molecule has 4 saturated heterocycles. The van der Waals surface area contributed by atoms with E-state index >= 15 is 0 Å². The number of pyridine rings is 1. The second-order valence-corrected chi connectivity index (χ2v) is 11.7. The highest BCUT2D eigenvalue weighted by Gasteiger charge is 2.46. The van der Waals surface area contributed by atoms with Crippen LogP contribution in [0.2, 0.25) is 0 Å². The third-order valence-corrected chi connectivity index (χ3v) is 9.55. The number of likely N-dealkylation sites (tertiary alicyclic amines) is 1. The largest absolute Gasteiger partial charge is 0.374 e. The van der Waals surface area contributed by atoms with Gasteiger partial charge < -0.3 is 24.7 Å². The molecule has 0 aromatic carbocycles. The number of rotatable bonds is 7. The molecule has 4 fully saturated rings. The van der Waals surface area contributed by atoms with Crippen LogP contribution in [-0.4, -0.2) is 88.5 Å². The zero-order valence-corrected chi connectivity index (χ0v) is 22.6. The van der Waals surface area contributed by atoms with Crippen LogP contribution in [-0.2, 0) is 20.7 Å². The number of fused-ring (bicyclic) bond motifs is 3. The normalized spacial score (nSPS) is 27.7. The second-order valence-electron chi connectivity index (χ2n) is 11.7. The Balaban J connectivity index is 1.12. The van der Waals surface area contributed by atoms with Crippen LogP contribution in [0.15, 0.2) is 24.7 Å². The summed E-state index contributed by atoms with van der Waals surface area (Å²) in [7, 11) is 0. The van der Waals surface area contributed by atoms with Crippen molar-refractivity contribution in [3.8, 4) is 0 Å². The first-order valence-corrected chi connectivity index (χ1v) is 14.7. The molecule has 9 nitrogen and oxygen atoms in total. The van der Waals surface area contributed by atoms with Gasteiger partial charge in [0.25, 0.3) is 0 Å². The van der Waals surface area contributed by atoms with Gasteiger partial charge in [-0.2, -0.15) is 0 Å². The first-order chi connectivity index (χ1) is 18.5. The van der Waals surface area contributed by atoms with E-state index < -0.39 is 0 Å². The minimum absolute atomic E-state index is 0.0517. The highest BCUT2D eigenvalue weighted by Crippen LogP contribution is 2.40. The number of imidazole rings is 1. The third kappa shape index (κ3) is 4.91. The van der Waals surface area contributed by atoms with Crippen molar-refractivity contribution in [2.45, 2.75) is 76.5 Å². The number of amides is 2. The summed E-state index contributed by atoms with van der Waals surface area (Å²) in [4.78, 5) is 37.1.